The minimum absolute atomic E-state index is 0.253. The summed E-state index contributed by atoms with van der Waals surface area (Å²) in [6.45, 7) is 4.14. The number of carbonyl (C=O) groups is 1. The van der Waals surface area contributed by atoms with Crippen LogP contribution in [0.4, 0.5) is 0 Å². The minimum atomic E-state index is -0.283. The van der Waals surface area contributed by atoms with E-state index in [2.05, 4.69) is 10.2 Å². The number of benzene rings is 1. The standard InChI is InChI=1S/C14H19N3O3/c15-14(18)11-8-16-3-4-17(11)9-10-1-2-12-13(7-10)20-6-5-19-12/h1-2,7,11,16H,3-6,8-9H2,(H2,15,18). The highest BCUT2D eigenvalue weighted by atomic mass is 16.6. The van der Waals surface area contributed by atoms with Crippen LogP contribution in [0.2, 0.25) is 0 Å². The molecule has 108 valence electrons. The van der Waals surface area contributed by atoms with Crippen molar-refractivity contribution in [2.45, 2.75) is 12.6 Å². The van der Waals surface area contributed by atoms with Crippen LogP contribution in [-0.2, 0) is 11.3 Å². The lowest BCUT2D eigenvalue weighted by atomic mass is 10.1. The number of hydrogen-bond donors (Lipinski definition) is 2. The van der Waals surface area contributed by atoms with Crippen LogP contribution in [0.5, 0.6) is 11.5 Å². The molecule has 1 unspecified atom stereocenters. The summed E-state index contributed by atoms with van der Waals surface area (Å²) in [5.41, 5.74) is 6.56. The van der Waals surface area contributed by atoms with Crippen LogP contribution in [0.3, 0.4) is 0 Å². The van der Waals surface area contributed by atoms with Crippen molar-refractivity contribution in [3.05, 3.63) is 23.8 Å². The molecular formula is C14H19N3O3. The summed E-state index contributed by atoms with van der Waals surface area (Å²) < 4.78 is 11.1. The Kier molecular flexibility index (Phi) is 3.75. The molecule has 2 aliphatic rings. The van der Waals surface area contributed by atoms with E-state index in [1.807, 2.05) is 18.2 Å². The van der Waals surface area contributed by atoms with E-state index in [0.717, 1.165) is 30.2 Å². The predicted molar refractivity (Wildman–Crippen MR) is 73.7 cm³/mol. The highest BCUT2D eigenvalue weighted by Gasteiger charge is 2.27. The average molecular weight is 277 g/mol. The van der Waals surface area contributed by atoms with Crippen LogP contribution in [0, 0.1) is 0 Å². The first kappa shape index (κ1) is 13.2. The van der Waals surface area contributed by atoms with Gasteiger partial charge in [-0.15, -0.1) is 0 Å². The Bertz CT molecular complexity index is 506. The summed E-state index contributed by atoms with van der Waals surface area (Å²) in [5.74, 6) is 1.28. The Morgan fingerprint density at radius 3 is 2.95 bits per heavy atom. The number of ether oxygens (including phenoxy) is 2. The molecule has 3 rings (SSSR count). The van der Waals surface area contributed by atoms with E-state index in [1.54, 1.807) is 0 Å². The number of piperazine rings is 1. The Morgan fingerprint density at radius 1 is 1.35 bits per heavy atom. The van der Waals surface area contributed by atoms with Crippen LogP contribution in [0.1, 0.15) is 5.56 Å². The van der Waals surface area contributed by atoms with E-state index in [-0.39, 0.29) is 11.9 Å². The quantitative estimate of drug-likeness (QED) is 0.794. The Hall–Kier alpha value is -1.79. The van der Waals surface area contributed by atoms with Crippen LogP contribution < -0.4 is 20.5 Å². The normalized spacial score (nSPS) is 22.5. The molecule has 1 saturated heterocycles. The molecule has 2 heterocycles. The van der Waals surface area contributed by atoms with Crippen molar-refractivity contribution in [3.63, 3.8) is 0 Å². The fourth-order valence-electron chi connectivity index (χ4n) is 2.64. The second-order valence-corrected chi connectivity index (χ2v) is 5.07. The van der Waals surface area contributed by atoms with Gasteiger partial charge in [-0.3, -0.25) is 9.69 Å². The number of hydrogen-bond acceptors (Lipinski definition) is 5. The molecule has 2 aliphatic heterocycles. The van der Waals surface area contributed by atoms with Gasteiger partial charge in [0.25, 0.3) is 0 Å². The van der Waals surface area contributed by atoms with Crippen molar-refractivity contribution in [1.29, 1.82) is 0 Å². The molecule has 1 aromatic carbocycles. The van der Waals surface area contributed by atoms with E-state index in [9.17, 15) is 4.79 Å². The van der Waals surface area contributed by atoms with E-state index < -0.39 is 0 Å². The molecule has 0 aromatic heterocycles. The number of carbonyl (C=O) groups excluding carboxylic acids is 1. The molecule has 1 fully saturated rings. The highest BCUT2D eigenvalue weighted by molar-refractivity contribution is 5.80. The first-order valence-electron chi connectivity index (χ1n) is 6.86. The molecule has 6 nitrogen and oxygen atoms in total. The molecule has 0 radical (unpaired) electrons. The topological polar surface area (TPSA) is 76.8 Å². The van der Waals surface area contributed by atoms with Crippen molar-refractivity contribution in [3.8, 4) is 11.5 Å². The first-order chi connectivity index (χ1) is 9.74. The maximum Gasteiger partial charge on any atom is 0.236 e. The second kappa shape index (κ2) is 5.68. The summed E-state index contributed by atoms with van der Waals surface area (Å²) >= 11 is 0. The smallest absolute Gasteiger partial charge is 0.236 e. The highest BCUT2D eigenvalue weighted by Crippen LogP contribution is 2.31. The molecule has 0 spiro atoms. The van der Waals surface area contributed by atoms with Crippen molar-refractivity contribution in [2.75, 3.05) is 32.8 Å². The Morgan fingerprint density at radius 2 is 2.15 bits per heavy atom. The zero-order valence-electron chi connectivity index (χ0n) is 11.3. The molecule has 3 N–H and O–H groups in total. The van der Waals surface area contributed by atoms with E-state index in [1.165, 1.54) is 0 Å². The third kappa shape index (κ3) is 2.71. The molecule has 1 aromatic rings. The monoisotopic (exact) mass is 277 g/mol. The molecular weight excluding hydrogens is 258 g/mol. The molecule has 0 aliphatic carbocycles. The van der Waals surface area contributed by atoms with Gasteiger partial charge >= 0.3 is 0 Å². The van der Waals surface area contributed by atoms with E-state index >= 15 is 0 Å². The van der Waals surface area contributed by atoms with Crippen LogP contribution in [-0.4, -0.2) is 49.7 Å². The van der Waals surface area contributed by atoms with Gasteiger partial charge in [-0.1, -0.05) is 6.07 Å². The van der Waals surface area contributed by atoms with Gasteiger partial charge in [-0.2, -0.15) is 0 Å². The number of nitrogens with two attached hydrogens (primary N) is 1. The van der Waals surface area contributed by atoms with E-state index in [4.69, 9.17) is 15.2 Å². The van der Waals surface area contributed by atoms with Crippen molar-refractivity contribution in [1.82, 2.24) is 10.2 Å². The lowest BCUT2D eigenvalue weighted by Crippen LogP contribution is -2.56. The largest absolute Gasteiger partial charge is 0.486 e. The zero-order valence-corrected chi connectivity index (χ0v) is 11.3. The number of primary amides is 1. The maximum atomic E-state index is 11.5. The fraction of sp³-hybridized carbons (Fsp3) is 0.500. The molecule has 6 heteroatoms. The van der Waals surface area contributed by atoms with Crippen LogP contribution in [0.25, 0.3) is 0 Å². The minimum Gasteiger partial charge on any atom is -0.486 e. The van der Waals surface area contributed by atoms with Crippen molar-refractivity contribution >= 4 is 5.91 Å². The summed E-state index contributed by atoms with van der Waals surface area (Å²) in [5, 5.41) is 3.19. The number of nitrogens with zero attached hydrogens (tertiary/aromatic N) is 1. The molecule has 0 saturated carbocycles. The van der Waals surface area contributed by atoms with Crippen LogP contribution >= 0.6 is 0 Å². The zero-order chi connectivity index (χ0) is 13.9. The first-order valence-corrected chi connectivity index (χ1v) is 6.86. The average Bonchev–Trinajstić information content (AvgIpc) is 2.47. The van der Waals surface area contributed by atoms with Crippen molar-refractivity contribution < 1.29 is 14.3 Å². The van der Waals surface area contributed by atoms with Crippen LogP contribution in [0.15, 0.2) is 18.2 Å². The number of amides is 1. The fourth-order valence-corrected chi connectivity index (χ4v) is 2.64. The van der Waals surface area contributed by atoms with Gasteiger partial charge in [0.05, 0.1) is 0 Å². The van der Waals surface area contributed by atoms with Crippen molar-refractivity contribution in [2.24, 2.45) is 5.73 Å². The van der Waals surface area contributed by atoms with Gasteiger partial charge in [0.2, 0.25) is 5.91 Å². The lowest BCUT2D eigenvalue weighted by Gasteiger charge is -2.34. The summed E-state index contributed by atoms with van der Waals surface area (Å²) in [6, 6.07) is 5.66. The van der Waals surface area contributed by atoms with Gasteiger partial charge < -0.3 is 20.5 Å². The third-order valence-corrected chi connectivity index (χ3v) is 3.67. The number of nitrogens with one attached hydrogen (secondary N) is 1. The van der Waals surface area contributed by atoms with E-state index in [0.29, 0.717) is 26.3 Å². The SMILES string of the molecule is NC(=O)C1CNCCN1Cc1ccc2c(c1)OCCO2. The van der Waals surface area contributed by atoms with Gasteiger partial charge in [0.1, 0.15) is 19.3 Å². The van der Waals surface area contributed by atoms with Gasteiger partial charge in [0, 0.05) is 26.2 Å². The molecule has 0 bridgehead atoms. The molecule has 20 heavy (non-hydrogen) atoms. The predicted octanol–water partition coefficient (Wildman–Crippen LogP) is -0.283. The maximum absolute atomic E-state index is 11.5. The second-order valence-electron chi connectivity index (χ2n) is 5.07. The summed E-state index contributed by atoms with van der Waals surface area (Å²) in [4.78, 5) is 13.6. The summed E-state index contributed by atoms with van der Waals surface area (Å²) in [6.07, 6.45) is 0. The lowest BCUT2D eigenvalue weighted by molar-refractivity contribution is -0.124. The molecule has 1 atom stereocenters. The Balaban J connectivity index is 1.74. The van der Waals surface area contributed by atoms with Gasteiger partial charge in [0.15, 0.2) is 11.5 Å². The number of fused-ring (bicyclic) bond motifs is 1. The van der Waals surface area contributed by atoms with Gasteiger partial charge in [-0.05, 0) is 17.7 Å². The van der Waals surface area contributed by atoms with Gasteiger partial charge in [-0.25, -0.2) is 0 Å². The Labute approximate surface area is 117 Å². The third-order valence-electron chi connectivity index (χ3n) is 3.67. The molecule has 1 amide bonds. The summed E-state index contributed by atoms with van der Waals surface area (Å²) in [7, 11) is 0. The number of rotatable bonds is 3.